The van der Waals surface area contributed by atoms with E-state index in [-0.39, 0.29) is 0 Å². The molecule has 0 fully saturated rings. The minimum absolute atomic E-state index is 0.324. The third-order valence-corrected chi connectivity index (χ3v) is 3.63. The number of hydrogen-bond donors (Lipinski definition) is 2. The summed E-state index contributed by atoms with van der Waals surface area (Å²) < 4.78 is 0. The fourth-order valence-electron chi connectivity index (χ4n) is 2.34. The molecule has 1 aromatic rings. The Hall–Kier alpha value is -2.61. The number of allylic oxidation sites excluding steroid dienone is 2. The Morgan fingerprint density at radius 1 is 1.18 bits per heavy atom. The van der Waals surface area contributed by atoms with Gasteiger partial charge in [0.15, 0.2) is 0 Å². The van der Waals surface area contributed by atoms with Crippen LogP contribution < -0.4 is 10.6 Å². The maximum atomic E-state index is 11.8. The van der Waals surface area contributed by atoms with Crippen molar-refractivity contribution in [3.8, 4) is 6.07 Å². The number of amides is 2. The van der Waals surface area contributed by atoms with Crippen LogP contribution in [0.4, 0.5) is 5.69 Å². The molecule has 0 bridgehead atoms. The molecule has 2 rings (SSSR count). The molecular formula is C17H19N3O2. The summed E-state index contributed by atoms with van der Waals surface area (Å²) >= 11 is 0. The molecule has 1 aromatic carbocycles. The molecule has 1 atom stereocenters. The summed E-state index contributed by atoms with van der Waals surface area (Å²) in [5.74, 6) is -0.873. The number of hydrogen-bond acceptors (Lipinski definition) is 3. The molecule has 1 unspecified atom stereocenters. The van der Waals surface area contributed by atoms with E-state index in [2.05, 4.69) is 28.9 Å². The van der Waals surface area contributed by atoms with Gasteiger partial charge in [0.05, 0.1) is 12.5 Å². The van der Waals surface area contributed by atoms with E-state index < -0.39 is 11.8 Å². The highest BCUT2D eigenvalue weighted by molar-refractivity contribution is 6.39. The molecule has 2 N–H and O–H groups in total. The lowest BCUT2D eigenvalue weighted by atomic mass is 9.94. The van der Waals surface area contributed by atoms with Crippen LogP contribution in [-0.2, 0) is 16.0 Å². The highest BCUT2D eigenvalue weighted by Crippen LogP contribution is 2.16. The van der Waals surface area contributed by atoms with Crippen LogP contribution in [0.3, 0.4) is 0 Å². The third-order valence-electron chi connectivity index (χ3n) is 3.63. The second-order valence-electron chi connectivity index (χ2n) is 5.35. The molecule has 0 aromatic heterocycles. The van der Waals surface area contributed by atoms with Crippen molar-refractivity contribution in [3.63, 3.8) is 0 Å². The van der Waals surface area contributed by atoms with E-state index in [4.69, 9.17) is 5.26 Å². The summed E-state index contributed by atoms with van der Waals surface area (Å²) in [7, 11) is 0. The lowest BCUT2D eigenvalue weighted by Crippen LogP contribution is -2.38. The molecule has 0 radical (unpaired) electrons. The second kappa shape index (κ2) is 7.99. The number of nitrogens with one attached hydrogen (secondary N) is 2. The van der Waals surface area contributed by atoms with E-state index in [0.717, 1.165) is 24.8 Å². The lowest BCUT2D eigenvalue weighted by molar-refractivity contribution is -0.136. The van der Waals surface area contributed by atoms with Crippen LogP contribution in [0.5, 0.6) is 0 Å². The Kier molecular flexibility index (Phi) is 5.73. The highest BCUT2D eigenvalue weighted by Gasteiger charge is 2.16. The monoisotopic (exact) mass is 297 g/mol. The van der Waals surface area contributed by atoms with Crippen LogP contribution in [0, 0.1) is 17.2 Å². The summed E-state index contributed by atoms with van der Waals surface area (Å²) in [4.78, 5) is 23.6. The fourth-order valence-corrected chi connectivity index (χ4v) is 2.34. The molecule has 1 aliphatic rings. The first-order valence-electron chi connectivity index (χ1n) is 7.39. The largest absolute Gasteiger partial charge is 0.348 e. The number of nitriles is 1. The molecule has 5 nitrogen and oxygen atoms in total. The predicted molar refractivity (Wildman–Crippen MR) is 83.9 cm³/mol. The van der Waals surface area contributed by atoms with Gasteiger partial charge in [-0.3, -0.25) is 9.59 Å². The predicted octanol–water partition coefficient (Wildman–Crippen LogP) is 2.16. The first-order chi connectivity index (χ1) is 10.7. The minimum Gasteiger partial charge on any atom is -0.348 e. The fraction of sp³-hybridized carbons (Fsp3) is 0.353. The van der Waals surface area contributed by atoms with E-state index in [0.29, 0.717) is 24.6 Å². The summed E-state index contributed by atoms with van der Waals surface area (Å²) in [6.07, 6.45) is 7.59. The Labute approximate surface area is 130 Å². The van der Waals surface area contributed by atoms with Crippen molar-refractivity contribution in [2.24, 2.45) is 5.92 Å². The van der Waals surface area contributed by atoms with Crippen molar-refractivity contribution in [2.75, 3.05) is 11.9 Å². The van der Waals surface area contributed by atoms with E-state index in [9.17, 15) is 9.59 Å². The van der Waals surface area contributed by atoms with E-state index >= 15 is 0 Å². The maximum absolute atomic E-state index is 11.8. The van der Waals surface area contributed by atoms with Gasteiger partial charge < -0.3 is 10.6 Å². The number of anilines is 1. The van der Waals surface area contributed by atoms with Crippen LogP contribution in [0.2, 0.25) is 0 Å². The molecule has 0 heterocycles. The van der Waals surface area contributed by atoms with Crippen molar-refractivity contribution in [2.45, 2.75) is 25.7 Å². The zero-order valence-electron chi connectivity index (χ0n) is 12.3. The molecule has 0 saturated carbocycles. The zero-order chi connectivity index (χ0) is 15.8. The summed E-state index contributed by atoms with van der Waals surface area (Å²) in [6, 6.07) is 8.93. The van der Waals surface area contributed by atoms with Gasteiger partial charge in [-0.2, -0.15) is 5.26 Å². The summed E-state index contributed by atoms with van der Waals surface area (Å²) in [5, 5.41) is 13.8. The Morgan fingerprint density at radius 2 is 1.95 bits per heavy atom. The van der Waals surface area contributed by atoms with Gasteiger partial charge in [0.25, 0.3) is 0 Å². The topological polar surface area (TPSA) is 82.0 Å². The van der Waals surface area contributed by atoms with Gasteiger partial charge in [-0.25, -0.2) is 0 Å². The quantitative estimate of drug-likeness (QED) is 0.660. The van der Waals surface area contributed by atoms with Gasteiger partial charge in [-0.1, -0.05) is 24.3 Å². The van der Waals surface area contributed by atoms with Gasteiger partial charge in [-0.15, -0.1) is 0 Å². The third kappa shape index (κ3) is 4.74. The average molecular weight is 297 g/mol. The minimum atomic E-state index is -0.667. The van der Waals surface area contributed by atoms with Gasteiger partial charge in [0.2, 0.25) is 0 Å². The summed E-state index contributed by atoms with van der Waals surface area (Å²) in [6.45, 7) is 0.525. The first kappa shape index (κ1) is 15.8. The van der Waals surface area contributed by atoms with Crippen LogP contribution in [-0.4, -0.2) is 18.4 Å². The smallest absolute Gasteiger partial charge is 0.313 e. The number of rotatable bonds is 4. The molecule has 5 heteroatoms. The SMILES string of the molecule is N#CCc1ccc(NC(=O)C(=O)NCC2CC=CCC2)cc1. The van der Waals surface area contributed by atoms with E-state index in [1.807, 2.05) is 0 Å². The number of nitrogens with zero attached hydrogens (tertiary/aromatic N) is 1. The van der Waals surface area contributed by atoms with Crippen molar-refractivity contribution < 1.29 is 9.59 Å². The molecule has 1 aliphatic carbocycles. The first-order valence-corrected chi connectivity index (χ1v) is 7.39. The molecule has 0 saturated heterocycles. The van der Waals surface area contributed by atoms with Gasteiger partial charge in [-0.05, 0) is 42.9 Å². The number of carbonyl (C=O) groups excluding carboxylic acids is 2. The Bertz CT molecular complexity index is 599. The van der Waals surface area contributed by atoms with Crippen molar-refractivity contribution >= 4 is 17.5 Å². The standard InChI is InChI=1S/C17H19N3O2/c18-11-10-13-6-8-15(9-7-13)20-17(22)16(21)19-12-14-4-2-1-3-5-14/h1-2,6-9,14H,3-5,10,12H2,(H,19,21)(H,20,22). The van der Waals surface area contributed by atoms with Crippen molar-refractivity contribution in [3.05, 3.63) is 42.0 Å². The Balaban J connectivity index is 1.79. The van der Waals surface area contributed by atoms with Crippen molar-refractivity contribution in [1.82, 2.24) is 5.32 Å². The lowest BCUT2D eigenvalue weighted by Gasteiger charge is -2.17. The van der Waals surface area contributed by atoms with Crippen LogP contribution in [0.15, 0.2) is 36.4 Å². The Morgan fingerprint density at radius 3 is 2.59 bits per heavy atom. The maximum Gasteiger partial charge on any atom is 0.313 e. The van der Waals surface area contributed by atoms with Gasteiger partial charge >= 0.3 is 11.8 Å². The highest BCUT2D eigenvalue weighted by atomic mass is 16.2. The normalized spacial score (nSPS) is 16.6. The van der Waals surface area contributed by atoms with Crippen molar-refractivity contribution in [1.29, 1.82) is 5.26 Å². The molecule has 114 valence electrons. The molecule has 0 spiro atoms. The van der Waals surface area contributed by atoms with E-state index in [1.54, 1.807) is 24.3 Å². The van der Waals surface area contributed by atoms with E-state index in [1.165, 1.54) is 0 Å². The van der Waals surface area contributed by atoms with Crippen LogP contribution in [0.25, 0.3) is 0 Å². The van der Waals surface area contributed by atoms with Gasteiger partial charge in [0, 0.05) is 12.2 Å². The zero-order valence-corrected chi connectivity index (χ0v) is 12.3. The number of benzene rings is 1. The number of carbonyl (C=O) groups is 2. The summed E-state index contributed by atoms with van der Waals surface area (Å²) in [5.41, 5.74) is 1.41. The molecule has 0 aliphatic heterocycles. The van der Waals surface area contributed by atoms with Crippen LogP contribution in [0.1, 0.15) is 24.8 Å². The molecule has 22 heavy (non-hydrogen) atoms. The second-order valence-corrected chi connectivity index (χ2v) is 5.35. The average Bonchev–Trinajstić information content (AvgIpc) is 2.55. The molecular weight excluding hydrogens is 278 g/mol. The molecule has 2 amide bonds. The van der Waals surface area contributed by atoms with Crippen LogP contribution >= 0.6 is 0 Å². The van der Waals surface area contributed by atoms with Gasteiger partial charge in [0.1, 0.15) is 0 Å².